The van der Waals surface area contributed by atoms with Gasteiger partial charge in [-0.2, -0.15) is 0 Å². The number of hydrogen-bond acceptors (Lipinski definition) is 3. The van der Waals surface area contributed by atoms with Crippen LogP contribution in [0.1, 0.15) is 58.8 Å². The summed E-state index contributed by atoms with van der Waals surface area (Å²) in [6, 6.07) is 4.64. The van der Waals surface area contributed by atoms with Crippen LogP contribution in [-0.4, -0.2) is 33.6 Å². The third kappa shape index (κ3) is 4.80. The maximum atomic E-state index is 12.9. The van der Waals surface area contributed by atoms with Gasteiger partial charge in [0.05, 0.1) is 16.9 Å². The minimum atomic E-state index is -0.331. The van der Waals surface area contributed by atoms with Crippen LogP contribution in [0.4, 0.5) is 4.79 Å². The van der Waals surface area contributed by atoms with Crippen molar-refractivity contribution >= 4 is 28.5 Å². The average molecular weight is 393 g/mol. The lowest BCUT2D eigenvalue weighted by Gasteiger charge is -2.30. The molecule has 1 aromatic carbocycles. The number of halogens is 1. The number of fused-ring (bicyclic) bond motifs is 1. The molecule has 0 saturated heterocycles. The monoisotopic (exact) mass is 392 g/mol. The molecule has 0 spiro atoms. The smallest absolute Gasteiger partial charge is 0.318 e. The van der Waals surface area contributed by atoms with Crippen molar-refractivity contribution in [1.82, 2.24) is 19.8 Å². The van der Waals surface area contributed by atoms with Gasteiger partial charge in [-0.3, -0.25) is 9.36 Å². The van der Waals surface area contributed by atoms with Crippen molar-refractivity contribution in [3.8, 4) is 0 Å². The fraction of sp³-hybridized carbons (Fsp3) is 0.550. The van der Waals surface area contributed by atoms with Gasteiger partial charge in [0.1, 0.15) is 5.82 Å². The van der Waals surface area contributed by atoms with Gasteiger partial charge in [0.2, 0.25) is 0 Å². The van der Waals surface area contributed by atoms with Crippen molar-refractivity contribution in [1.29, 1.82) is 0 Å². The van der Waals surface area contributed by atoms with Crippen LogP contribution in [0.25, 0.3) is 10.9 Å². The topological polar surface area (TPSA) is 67.2 Å². The highest BCUT2D eigenvalue weighted by atomic mass is 35.5. The highest BCUT2D eigenvalue weighted by Crippen LogP contribution is 2.22. The van der Waals surface area contributed by atoms with Gasteiger partial charge >= 0.3 is 6.03 Å². The fourth-order valence-corrected chi connectivity index (χ4v) is 3.33. The van der Waals surface area contributed by atoms with E-state index in [9.17, 15) is 9.59 Å². The maximum absolute atomic E-state index is 12.9. The average Bonchev–Trinajstić information content (AvgIpc) is 2.65. The van der Waals surface area contributed by atoms with Gasteiger partial charge in [-0.25, -0.2) is 9.78 Å². The Kier molecular flexibility index (Phi) is 7.66. The van der Waals surface area contributed by atoms with Crippen LogP contribution in [0.2, 0.25) is 5.02 Å². The van der Waals surface area contributed by atoms with Crippen LogP contribution in [0.5, 0.6) is 0 Å². The number of hydrogen-bond donors (Lipinski definition) is 1. The summed E-state index contributed by atoms with van der Waals surface area (Å²) in [7, 11) is 0. The molecule has 0 aliphatic carbocycles. The van der Waals surface area contributed by atoms with Crippen molar-refractivity contribution in [2.75, 3.05) is 13.1 Å². The highest BCUT2D eigenvalue weighted by molar-refractivity contribution is 6.31. The Morgan fingerprint density at radius 1 is 1.30 bits per heavy atom. The summed E-state index contributed by atoms with van der Waals surface area (Å²) in [5.41, 5.74) is 0.450. The van der Waals surface area contributed by atoms with Crippen LogP contribution in [0.3, 0.4) is 0 Å². The Hall–Kier alpha value is -2.08. The molecule has 0 saturated carbocycles. The number of carbonyl (C=O) groups is 1. The maximum Gasteiger partial charge on any atom is 0.318 e. The van der Waals surface area contributed by atoms with Gasteiger partial charge in [-0.1, -0.05) is 31.9 Å². The van der Waals surface area contributed by atoms with Crippen LogP contribution >= 0.6 is 11.6 Å². The zero-order chi connectivity index (χ0) is 20.0. The van der Waals surface area contributed by atoms with Gasteiger partial charge in [0, 0.05) is 24.7 Å². The standard InChI is InChI=1S/C20H29ClN4O2/c1-5-8-11-22-20(27)25(12-6-2)14(4)18-23-17-13-15(21)9-10-16(17)19(26)24(18)7-3/h9-10,13-14H,5-8,11-12H2,1-4H3,(H,22,27). The van der Waals surface area contributed by atoms with E-state index in [1.807, 2.05) is 20.8 Å². The number of benzene rings is 1. The predicted octanol–water partition coefficient (Wildman–Crippen LogP) is 4.35. The highest BCUT2D eigenvalue weighted by Gasteiger charge is 2.25. The van der Waals surface area contributed by atoms with Gasteiger partial charge in [0.15, 0.2) is 0 Å². The molecule has 2 aromatic rings. The van der Waals surface area contributed by atoms with Crippen molar-refractivity contribution < 1.29 is 4.79 Å². The third-order valence-corrected chi connectivity index (χ3v) is 4.87. The van der Waals surface area contributed by atoms with Gasteiger partial charge in [0.25, 0.3) is 5.56 Å². The fourth-order valence-electron chi connectivity index (χ4n) is 3.16. The van der Waals surface area contributed by atoms with E-state index in [4.69, 9.17) is 16.6 Å². The summed E-state index contributed by atoms with van der Waals surface area (Å²) in [5, 5.41) is 4.03. The molecule has 0 aliphatic heterocycles. The zero-order valence-electron chi connectivity index (χ0n) is 16.6. The molecule has 27 heavy (non-hydrogen) atoms. The van der Waals surface area contributed by atoms with Crippen molar-refractivity contribution in [3.63, 3.8) is 0 Å². The predicted molar refractivity (Wildman–Crippen MR) is 110 cm³/mol. The molecule has 1 unspecified atom stereocenters. The van der Waals surface area contributed by atoms with E-state index >= 15 is 0 Å². The summed E-state index contributed by atoms with van der Waals surface area (Å²) < 4.78 is 1.64. The first-order valence-electron chi connectivity index (χ1n) is 9.68. The Morgan fingerprint density at radius 2 is 2.04 bits per heavy atom. The molecule has 2 rings (SSSR count). The molecule has 7 heteroatoms. The van der Waals surface area contributed by atoms with E-state index in [1.165, 1.54) is 0 Å². The summed E-state index contributed by atoms with van der Waals surface area (Å²) in [6.45, 7) is 9.66. The molecule has 2 amide bonds. The second-order valence-corrected chi connectivity index (χ2v) is 7.07. The summed E-state index contributed by atoms with van der Waals surface area (Å²) >= 11 is 6.09. The molecule has 0 aliphatic rings. The number of unbranched alkanes of at least 4 members (excludes halogenated alkanes) is 1. The number of rotatable bonds is 8. The van der Waals surface area contributed by atoms with Crippen LogP contribution < -0.4 is 10.9 Å². The Labute approximate surface area is 165 Å². The molecule has 148 valence electrons. The summed E-state index contributed by atoms with van der Waals surface area (Å²) in [5.74, 6) is 0.580. The van der Waals surface area contributed by atoms with Crippen molar-refractivity contribution in [2.45, 2.75) is 59.5 Å². The quantitative estimate of drug-likeness (QED) is 0.679. The first-order valence-corrected chi connectivity index (χ1v) is 10.1. The van der Waals surface area contributed by atoms with E-state index in [-0.39, 0.29) is 17.6 Å². The van der Waals surface area contributed by atoms with Crippen molar-refractivity contribution in [2.24, 2.45) is 0 Å². The number of aromatic nitrogens is 2. The van der Waals surface area contributed by atoms with E-state index in [0.717, 1.165) is 19.3 Å². The van der Waals surface area contributed by atoms with Gasteiger partial charge in [-0.05, 0) is 44.9 Å². The molecule has 1 N–H and O–H groups in total. The van der Waals surface area contributed by atoms with Crippen LogP contribution in [0, 0.1) is 0 Å². The van der Waals surface area contributed by atoms with Gasteiger partial charge < -0.3 is 10.2 Å². The largest absolute Gasteiger partial charge is 0.338 e. The zero-order valence-corrected chi connectivity index (χ0v) is 17.3. The number of urea groups is 1. The molecule has 0 bridgehead atoms. The molecule has 6 nitrogen and oxygen atoms in total. The molecular weight excluding hydrogens is 364 g/mol. The van der Waals surface area contributed by atoms with Crippen molar-refractivity contribution in [3.05, 3.63) is 39.4 Å². The first-order chi connectivity index (χ1) is 12.9. The molecule has 0 fully saturated rings. The lowest BCUT2D eigenvalue weighted by atomic mass is 10.2. The van der Waals surface area contributed by atoms with E-state index < -0.39 is 0 Å². The lowest BCUT2D eigenvalue weighted by Crippen LogP contribution is -2.44. The third-order valence-electron chi connectivity index (χ3n) is 4.64. The summed E-state index contributed by atoms with van der Waals surface area (Å²) in [6.07, 6.45) is 2.78. The SMILES string of the molecule is CCCCNC(=O)N(CCC)C(C)c1nc2cc(Cl)ccc2c(=O)n1CC. The molecule has 1 heterocycles. The lowest BCUT2D eigenvalue weighted by molar-refractivity contribution is 0.174. The molecular formula is C20H29ClN4O2. The minimum absolute atomic E-state index is 0.108. The number of nitrogens with zero attached hydrogens (tertiary/aromatic N) is 3. The Balaban J connectivity index is 2.47. The molecule has 1 aromatic heterocycles. The normalized spacial score (nSPS) is 12.2. The second-order valence-electron chi connectivity index (χ2n) is 6.64. The summed E-state index contributed by atoms with van der Waals surface area (Å²) in [4.78, 5) is 32.1. The second kappa shape index (κ2) is 9.74. The number of nitrogens with one attached hydrogen (secondary N) is 1. The van der Waals surface area contributed by atoms with E-state index in [2.05, 4.69) is 12.2 Å². The first kappa shape index (κ1) is 21.2. The molecule has 1 atom stereocenters. The number of amides is 2. The molecule has 0 radical (unpaired) electrons. The van der Waals surface area contributed by atoms with E-state index in [0.29, 0.717) is 41.4 Å². The van der Waals surface area contributed by atoms with E-state index in [1.54, 1.807) is 27.7 Å². The Bertz CT molecular complexity index is 850. The van der Waals surface area contributed by atoms with Crippen LogP contribution in [-0.2, 0) is 6.54 Å². The van der Waals surface area contributed by atoms with Gasteiger partial charge in [-0.15, -0.1) is 0 Å². The van der Waals surface area contributed by atoms with Crippen LogP contribution in [0.15, 0.2) is 23.0 Å². The number of carbonyl (C=O) groups excluding carboxylic acids is 1. The minimum Gasteiger partial charge on any atom is -0.338 e. The Morgan fingerprint density at radius 3 is 2.67 bits per heavy atom.